The molecule has 1 aromatic heterocycles. The molecule has 0 unspecified atom stereocenters. The van der Waals surface area contributed by atoms with Crippen LogP contribution in [0.3, 0.4) is 0 Å². The first-order valence-corrected chi connectivity index (χ1v) is 6.58. The third kappa shape index (κ3) is 2.30. The molecular weight excluding hydrogens is 325 g/mol. The first-order chi connectivity index (χ1) is 9.65. The lowest BCUT2D eigenvalue weighted by atomic mass is 10.2. The van der Waals surface area contributed by atoms with E-state index in [1.54, 1.807) is 30.3 Å². The van der Waals surface area contributed by atoms with Crippen molar-refractivity contribution in [3.8, 4) is 22.8 Å². The van der Waals surface area contributed by atoms with Gasteiger partial charge in [0.1, 0.15) is 5.82 Å². The van der Waals surface area contributed by atoms with Crippen molar-refractivity contribution in [2.24, 2.45) is 0 Å². The number of rotatable bonds is 2. The van der Waals surface area contributed by atoms with Gasteiger partial charge in [-0.05, 0) is 30.3 Å². The summed E-state index contributed by atoms with van der Waals surface area (Å²) in [4.78, 5) is 4.19. The predicted molar refractivity (Wildman–Crippen MR) is 77.2 cm³/mol. The van der Waals surface area contributed by atoms with Gasteiger partial charge in [-0.25, -0.2) is 4.39 Å². The molecule has 1 heterocycles. The van der Waals surface area contributed by atoms with Crippen molar-refractivity contribution in [3.63, 3.8) is 0 Å². The van der Waals surface area contributed by atoms with E-state index in [0.717, 1.165) is 4.47 Å². The minimum absolute atomic E-state index is 0.195. The molecule has 0 bridgehead atoms. The minimum atomic E-state index is -0.399. The average Bonchev–Trinajstić information content (AvgIpc) is 2.88. The van der Waals surface area contributed by atoms with E-state index in [-0.39, 0.29) is 17.3 Å². The molecule has 3 aromatic rings. The largest absolute Gasteiger partial charge is 0.398 e. The number of aromatic nitrogens is 2. The van der Waals surface area contributed by atoms with E-state index in [2.05, 4.69) is 26.1 Å². The molecule has 0 amide bonds. The summed E-state index contributed by atoms with van der Waals surface area (Å²) in [6.07, 6.45) is 0. The van der Waals surface area contributed by atoms with E-state index in [4.69, 9.17) is 10.3 Å². The van der Waals surface area contributed by atoms with Crippen molar-refractivity contribution < 1.29 is 8.91 Å². The van der Waals surface area contributed by atoms with Gasteiger partial charge in [-0.3, -0.25) is 0 Å². The van der Waals surface area contributed by atoms with Gasteiger partial charge in [-0.15, -0.1) is 0 Å². The van der Waals surface area contributed by atoms with E-state index in [0.29, 0.717) is 11.3 Å². The zero-order valence-corrected chi connectivity index (χ0v) is 11.8. The molecule has 0 aliphatic carbocycles. The maximum absolute atomic E-state index is 13.7. The molecule has 0 saturated heterocycles. The van der Waals surface area contributed by atoms with Crippen molar-refractivity contribution >= 4 is 21.6 Å². The second kappa shape index (κ2) is 5.05. The minimum Gasteiger partial charge on any atom is -0.398 e. The Morgan fingerprint density at radius 1 is 1.10 bits per heavy atom. The number of halogens is 2. The van der Waals surface area contributed by atoms with Crippen molar-refractivity contribution in [1.29, 1.82) is 0 Å². The van der Waals surface area contributed by atoms with Gasteiger partial charge in [0.15, 0.2) is 0 Å². The van der Waals surface area contributed by atoms with Gasteiger partial charge in [0, 0.05) is 10.2 Å². The Bertz CT molecular complexity index is 773. The standard InChI is InChI=1S/C14H9BrFN3O/c15-8-5-6-10(12(17)7-8)14-18-13(19-20-14)9-3-1-2-4-11(9)16/h1-7H,17H2. The number of hydrogen-bond acceptors (Lipinski definition) is 4. The van der Waals surface area contributed by atoms with Gasteiger partial charge in [0.05, 0.1) is 11.1 Å². The number of nitrogens with two attached hydrogens (primary N) is 1. The van der Waals surface area contributed by atoms with Crippen LogP contribution < -0.4 is 5.73 Å². The Balaban J connectivity index is 2.04. The van der Waals surface area contributed by atoms with E-state index >= 15 is 0 Å². The number of anilines is 1. The zero-order valence-electron chi connectivity index (χ0n) is 10.2. The molecule has 0 fully saturated rings. The van der Waals surface area contributed by atoms with Crippen LogP contribution in [0, 0.1) is 5.82 Å². The maximum Gasteiger partial charge on any atom is 0.260 e. The molecule has 0 radical (unpaired) electrons. The second-order valence-corrected chi connectivity index (χ2v) is 5.05. The normalized spacial score (nSPS) is 10.7. The van der Waals surface area contributed by atoms with Crippen LogP contribution in [0.1, 0.15) is 0 Å². The lowest BCUT2D eigenvalue weighted by Gasteiger charge is -2.00. The number of nitrogens with zero attached hydrogens (tertiary/aromatic N) is 2. The van der Waals surface area contributed by atoms with Crippen LogP contribution in [0.2, 0.25) is 0 Å². The Hall–Kier alpha value is -2.21. The molecule has 0 saturated carbocycles. The van der Waals surface area contributed by atoms with Gasteiger partial charge in [-0.1, -0.05) is 33.2 Å². The molecule has 100 valence electrons. The highest BCUT2D eigenvalue weighted by molar-refractivity contribution is 9.10. The maximum atomic E-state index is 13.7. The Labute approximate surface area is 122 Å². The lowest BCUT2D eigenvalue weighted by molar-refractivity contribution is 0.432. The van der Waals surface area contributed by atoms with Crippen LogP contribution in [0.15, 0.2) is 51.5 Å². The summed E-state index contributed by atoms with van der Waals surface area (Å²) in [7, 11) is 0. The topological polar surface area (TPSA) is 64.9 Å². The molecular formula is C14H9BrFN3O. The van der Waals surface area contributed by atoms with Crippen LogP contribution in [0.5, 0.6) is 0 Å². The molecule has 3 rings (SSSR count). The molecule has 0 atom stereocenters. The molecule has 6 heteroatoms. The van der Waals surface area contributed by atoms with E-state index in [1.807, 2.05) is 6.07 Å². The molecule has 0 spiro atoms. The van der Waals surface area contributed by atoms with Crippen molar-refractivity contribution in [3.05, 3.63) is 52.8 Å². The van der Waals surface area contributed by atoms with Crippen LogP contribution in [0.25, 0.3) is 22.8 Å². The van der Waals surface area contributed by atoms with Gasteiger partial charge in [0.2, 0.25) is 5.82 Å². The summed E-state index contributed by atoms with van der Waals surface area (Å²) in [5.74, 6) is 0.0531. The first kappa shape index (κ1) is 12.8. The van der Waals surface area contributed by atoms with Gasteiger partial charge in [-0.2, -0.15) is 4.98 Å². The van der Waals surface area contributed by atoms with Gasteiger partial charge >= 0.3 is 0 Å². The smallest absolute Gasteiger partial charge is 0.260 e. The summed E-state index contributed by atoms with van der Waals surface area (Å²) in [5.41, 5.74) is 7.31. The number of nitrogen functional groups attached to an aromatic ring is 1. The molecule has 20 heavy (non-hydrogen) atoms. The Kier molecular flexibility index (Phi) is 3.23. The average molecular weight is 334 g/mol. The molecule has 4 nitrogen and oxygen atoms in total. The first-order valence-electron chi connectivity index (χ1n) is 5.79. The Morgan fingerprint density at radius 2 is 1.90 bits per heavy atom. The SMILES string of the molecule is Nc1cc(Br)ccc1-c1nc(-c2ccccc2F)no1. The molecule has 2 N–H and O–H groups in total. The summed E-state index contributed by atoms with van der Waals surface area (Å²) >= 11 is 3.32. The third-order valence-electron chi connectivity index (χ3n) is 2.78. The highest BCUT2D eigenvalue weighted by Gasteiger charge is 2.15. The Morgan fingerprint density at radius 3 is 2.65 bits per heavy atom. The van der Waals surface area contributed by atoms with Crippen LogP contribution in [-0.2, 0) is 0 Å². The zero-order chi connectivity index (χ0) is 14.1. The van der Waals surface area contributed by atoms with E-state index in [1.165, 1.54) is 6.07 Å². The monoisotopic (exact) mass is 333 g/mol. The van der Waals surface area contributed by atoms with Gasteiger partial charge < -0.3 is 10.3 Å². The van der Waals surface area contributed by atoms with Crippen molar-refractivity contribution in [2.45, 2.75) is 0 Å². The highest BCUT2D eigenvalue weighted by Crippen LogP contribution is 2.29. The number of benzene rings is 2. The fourth-order valence-electron chi connectivity index (χ4n) is 1.81. The fraction of sp³-hybridized carbons (Fsp3) is 0. The molecule has 0 aliphatic rings. The quantitative estimate of drug-likeness (QED) is 0.722. The number of hydrogen-bond donors (Lipinski definition) is 1. The van der Waals surface area contributed by atoms with Crippen LogP contribution in [-0.4, -0.2) is 10.1 Å². The summed E-state index contributed by atoms with van der Waals surface area (Å²) in [6, 6.07) is 11.6. The second-order valence-electron chi connectivity index (χ2n) is 4.13. The molecule has 0 aliphatic heterocycles. The summed E-state index contributed by atoms with van der Waals surface area (Å²) in [5, 5.41) is 3.79. The fourth-order valence-corrected chi connectivity index (χ4v) is 2.19. The predicted octanol–water partition coefficient (Wildman–Crippen LogP) is 3.89. The van der Waals surface area contributed by atoms with Gasteiger partial charge in [0.25, 0.3) is 5.89 Å². The van der Waals surface area contributed by atoms with Crippen molar-refractivity contribution in [2.75, 3.05) is 5.73 Å². The highest BCUT2D eigenvalue weighted by atomic mass is 79.9. The third-order valence-corrected chi connectivity index (χ3v) is 3.28. The van der Waals surface area contributed by atoms with Crippen molar-refractivity contribution in [1.82, 2.24) is 10.1 Å². The summed E-state index contributed by atoms with van der Waals surface area (Å²) in [6.45, 7) is 0. The molecule has 2 aromatic carbocycles. The van der Waals surface area contributed by atoms with Crippen LogP contribution >= 0.6 is 15.9 Å². The lowest BCUT2D eigenvalue weighted by Crippen LogP contribution is -1.90. The van der Waals surface area contributed by atoms with Crippen LogP contribution in [0.4, 0.5) is 10.1 Å². The van der Waals surface area contributed by atoms with E-state index in [9.17, 15) is 4.39 Å². The van der Waals surface area contributed by atoms with E-state index < -0.39 is 5.82 Å². The summed E-state index contributed by atoms with van der Waals surface area (Å²) < 4.78 is 19.7.